The monoisotopic (exact) mass is 285 g/mol. The third-order valence-electron chi connectivity index (χ3n) is 3.37. The maximum absolute atomic E-state index is 10.6. The zero-order valence-corrected chi connectivity index (χ0v) is 10.9. The molecular weight excluding hydrogens is 270 g/mol. The molecule has 1 heterocycles. The Hall–Kier alpha value is -0.450. The van der Waals surface area contributed by atoms with Gasteiger partial charge in [0.05, 0.1) is 11.7 Å². The van der Waals surface area contributed by atoms with Crippen LogP contribution in [0.5, 0.6) is 0 Å². The van der Waals surface area contributed by atoms with E-state index >= 15 is 0 Å². The fourth-order valence-electron chi connectivity index (χ4n) is 2.33. The van der Waals surface area contributed by atoms with Gasteiger partial charge in [-0.2, -0.15) is 0 Å². The smallest absolute Gasteiger partial charge is 0.0910 e. The predicted molar refractivity (Wildman–Crippen MR) is 65.1 cm³/mol. The molecule has 1 fully saturated rings. The summed E-state index contributed by atoms with van der Waals surface area (Å²) in [7, 11) is 1.73. The summed E-state index contributed by atoms with van der Waals surface area (Å²) >= 11 is 3.45. The van der Waals surface area contributed by atoms with Crippen LogP contribution in [0.2, 0.25) is 0 Å². The number of nitrogens with zero attached hydrogens (tertiary/aromatic N) is 1. The Morgan fingerprint density at radius 1 is 1.50 bits per heavy atom. The number of aromatic nitrogens is 1. The molecule has 3 nitrogen and oxygen atoms in total. The molecule has 4 heteroatoms. The summed E-state index contributed by atoms with van der Waals surface area (Å²) < 4.78 is 6.20. The SMILES string of the molecule is COC1CCC(O)(c2ccncc2Br)CC1. The molecule has 0 unspecified atom stereocenters. The fourth-order valence-corrected chi connectivity index (χ4v) is 2.95. The number of hydrogen-bond acceptors (Lipinski definition) is 3. The largest absolute Gasteiger partial charge is 0.385 e. The van der Waals surface area contributed by atoms with Gasteiger partial charge >= 0.3 is 0 Å². The van der Waals surface area contributed by atoms with Gasteiger partial charge in [-0.1, -0.05) is 0 Å². The number of hydrogen-bond donors (Lipinski definition) is 1. The van der Waals surface area contributed by atoms with Crippen LogP contribution in [0, 0.1) is 0 Å². The van der Waals surface area contributed by atoms with Crippen LogP contribution < -0.4 is 0 Å². The Kier molecular flexibility index (Phi) is 3.62. The highest BCUT2D eigenvalue weighted by Gasteiger charge is 2.36. The van der Waals surface area contributed by atoms with Crippen LogP contribution in [0.4, 0.5) is 0 Å². The van der Waals surface area contributed by atoms with Crippen molar-refractivity contribution in [3.8, 4) is 0 Å². The Morgan fingerprint density at radius 2 is 2.19 bits per heavy atom. The van der Waals surface area contributed by atoms with Crippen molar-refractivity contribution in [1.82, 2.24) is 4.98 Å². The molecule has 1 aromatic heterocycles. The molecule has 1 aliphatic rings. The molecule has 0 amide bonds. The highest BCUT2D eigenvalue weighted by Crippen LogP contribution is 2.40. The number of methoxy groups -OCH3 is 1. The Balaban J connectivity index is 2.18. The molecule has 16 heavy (non-hydrogen) atoms. The summed E-state index contributed by atoms with van der Waals surface area (Å²) in [4.78, 5) is 4.02. The van der Waals surface area contributed by atoms with E-state index in [9.17, 15) is 5.11 Å². The first kappa shape index (κ1) is 12.0. The average molecular weight is 286 g/mol. The van der Waals surface area contributed by atoms with Crippen molar-refractivity contribution in [2.75, 3.05) is 7.11 Å². The van der Waals surface area contributed by atoms with E-state index in [1.54, 1.807) is 19.5 Å². The first-order valence-electron chi connectivity index (χ1n) is 5.51. The standard InChI is InChI=1S/C12H16BrNO2/c1-16-9-2-5-12(15,6-3-9)10-4-7-14-8-11(10)13/h4,7-9,15H,2-3,5-6H2,1H3. The van der Waals surface area contributed by atoms with E-state index in [0.29, 0.717) is 6.10 Å². The van der Waals surface area contributed by atoms with E-state index in [2.05, 4.69) is 20.9 Å². The van der Waals surface area contributed by atoms with Gasteiger partial charge in [0.15, 0.2) is 0 Å². The van der Waals surface area contributed by atoms with Gasteiger partial charge in [0.1, 0.15) is 0 Å². The minimum Gasteiger partial charge on any atom is -0.385 e. The summed E-state index contributed by atoms with van der Waals surface area (Å²) in [6, 6.07) is 1.89. The molecule has 1 aliphatic carbocycles. The zero-order valence-electron chi connectivity index (χ0n) is 9.32. The number of halogens is 1. The predicted octanol–water partition coefficient (Wildman–Crippen LogP) is 2.62. The van der Waals surface area contributed by atoms with E-state index in [1.807, 2.05) is 6.07 Å². The van der Waals surface area contributed by atoms with Crippen LogP contribution >= 0.6 is 15.9 Å². The molecule has 0 bridgehead atoms. The minimum atomic E-state index is -0.725. The maximum atomic E-state index is 10.6. The van der Waals surface area contributed by atoms with E-state index in [-0.39, 0.29) is 0 Å². The zero-order chi connectivity index (χ0) is 11.6. The van der Waals surface area contributed by atoms with Gasteiger partial charge in [-0.05, 0) is 47.7 Å². The lowest BCUT2D eigenvalue weighted by molar-refractivity contribution is -0.0479. The van der Waals surface area contributed by atoms with Crippen LogP contribution in [0.25, 0.3) is 0 Å². The van der Waals surface area contributed by atoms with E-state index < -0.39 is 5.60 Å². The van der Waals surface area contributed by atoms with Crippen molar-refractivity contribution >= 4 is 15.9 Å². The van der Waals surface area contributed by atoms with Crippen LogP contribution in [-0.4, -0.2) is 23.3 Å². The molecule has 88 valence electrons. The minimum absolute atomic E-state index is 0.292. The molecule has 1 saturated carbocycles. The highest BCUT2D eigenvalue weighted by molar-refractivity contribution is 9.10. The summed E-state index contributed by atoms with van der Waals surface area (Å²) in [5.74, 6) is 0. The second-order valence-corrected chi connectivity index (χ2v) is 5.18. The molecule has 0 radical (unpaired) electrons. The van der Waals surface area contributed by atoms with Crippen molar-refractivity contribution in [2.45, 2.75) is 37.4 Å². The summed E-state index contributed by atoms with van der Waals surface area (Å²) in [6.07, 6.45) is 7.04. The van der Waals surface area contributed by atoms with E-state index in [4.69, 9.17) is 4.74 Å². The number of aliphatic hydroxyl groups is 1. The van der Waals surface area contributed by atoms with Crippen molar-refractivity contribution in [3.05, 3.63) is 28.5 Å². The van der Waals surface area contributed by atoms with E-state index in [1.165, 1.54) is 0 Å². The third kappa shape index (κ3) is 2.29. The van der Waals surface area contributed by atoms with Gasteiger partial charge in [-0.3, -0.25) is 4.98 Å². The van der Waals surface area contributed by atoms with Gasteiger partial charge in [0.25, 0.3) is 0 Å². The molecule has 0 saturated heterocycles. The lowest BCUT2D eigenvalue weighted by Crippen LogP contribution is -2.34. The number of pyridine rings is 1. The van der Waals surface area contributed by atoms with Crippen molar-refractivity contribution < 1.29 is 9.84 Å². The lowest BCUT2D eigenvalue weighted by atomic mass is 9.79. The molecule has 0 aromatic carbocycles. The summed E-state index contributed by atoms with van der Waals surface area (Å²) in [6.45, 7) is 0. The van der Waals surface area contributed by atoms with Crippen molar-refractivity contribution in [1.29, 1.82) is 0 Å². The molecular formula is C12H16BrNO2. The van der Waals surface area contributed by atoms with Crippen molar-refractivity contribution in [3.63, 3.8) is 0 Å². The van der Waals surface area contributed by atoms with Crippen LogP contribution in [0.15, 0.2) is 22.9 Å². The van der Waals surface area contributed by atoms with Gasteiger partial charge in [0.2, 0.25) is 0 Å². The maximum Gasteiger partial charge on any atom is 0.0910 e. The van der Waals surface area contributed by atoms with Gasteiger partial charge in [-0.25, -0.2) is 0 Å². The first-order valence-corrected chi connectivity index (χ1v) is 6.30. The number of rotatable bonds is 2. The average Bonchev–Trinajstić information content (AvgIpc) is 2.30. The topological polar surface area (TPSA) is 42.4 Å². The quantitative estimate of drug-likeness (QED) is 0.908. The molecule has 0 aliphatic heterocycles. The second kappa shape index (κ2) is 4.82. The van der Waals surface area contributed by atoms with Crippen LogP contribution in [0.1, 0.15) is 31.2 Å². The molecule has 0 spiro atoms. The second-order valence-electron chi connectivity index (χ2n) is 4.32. The normalized spacial score (nSPS) is 30.3. The van der Waals surface area contributed by atoms with Crippen LogP contribution in [-0.2, 0) is 10.3 Å². The fraction of sp³-hybridized carbons (Fsp3) is 0.583. The lowest BCUT2D eigenvalue weighted by Gasteiger charge is -2.36. The van der Waals surface area contributed by atoms with Gasteiger partial charge in [0, 0.05) is 29.5 Å². The number of ether oxygens (including phenoxy) is 1. The first-order chi connectivity index (χ1) is 7.65. The Labute approximate surface area is 104 Å². The Bertz CT molecular complexity index is 362. The highest BCUT2D eigenvalue weighted by atomic mass is 79.9. The summed E-state index contributed by atoms with van der Waals surface area (Å²) in [5, 5.41) is 10.6. The van der Waals surface area contributed by atoms with E-state index in [0.717, 1.165) is 35.7 Å². The summed E-state index contributed by atoms with van der Waals surface area (Å²) in [5.41, 5.74) is 0.216. The Morgan fingerprint density at radius 3 is 2.75 bits per heavy atom. The van der Waals surface area contributed by atoms with Crippen molar-refractivity contribution in [2.24, 2.45) is 0 Å². The van der Waals surface area contributed by atoms with Gasteiger partial charge < -0.3 is 9.84 Å². The molecule has 1 N–H and O–H groups in total. The van der Waals surface area contributed by atoms with Crippen LogP contribution in [0.3, 0.4) is 0 Å². The molecule has 1 aromatic rings. The molecule has 0 atom stereocenters. The van der Waals surface area contributed by atoms with Gasteiger partial charge in [-0.15, -0.1) is 0 Å². The third-order valence-corrected chi connectivity index (χ3v) is 4.00. The molecule has 2 rings (SSSR count).